The lowest BCUT2D eigenvalue weighted by Gasteiger charge is -2.02. The summed E-state index contributed by atoms with van der Waals surface area (Å²) in [6.45, 7) is 1.58. The second kappa shape index (κ2) is 3.26. The average Bonchev–Trinajstić information content (AvgIpc) is 2.08. The van der Waals surface area contributed by atoms with Crippen molar-refractivity contribution in [1.29, 1.82) is 0 Å². The molecule has 6 nitrogen and oxygen atoms in total. The molecule has 0 bridgehead atoms. The van der Waals surface area contributed by atoms with E-state index in [0.717, 1.165) is 0 Å². The van der Waals surface area contributed by atoms with Crippen LogP contribution in [0.4, 0.5) is 5.82 Å². The lowest BCUT2D eigenvalue weighted by molar-refractivity contribution is -0.390. The normalized spacial score (nSPS) is 9.69. The zero-order valence-electron chi connectivity index (χ0n) is 7.14. The van der Waals surface area contributed by atoms with Crippen LogP contribution in [0.3, 0.4) is 0 Å². The fourth-order valence-corrected chi connectivity index (χ4v) is 0.903. The number of nitro groups is 1. The highest BCUT2D eigenvalue weighted by Crippen LogP contribution is 2.33. The van der Waals surface area contributed by atoms with Crippen LogP contribution in [-0.4, -0.2) is 22.1 Å². The highest BCUT2D eigenvalue weighted by molar-refractivity contribution is 5.50. The van der Waals surface area contributed by atoms with Gasteiger partial charge in [-0.05, 0) is 9.91 Å². The molecule has 0 spiro atoms. The van der Waals surface area contributed by atoms with Crippen molar-refractivity contribution in [1.82, 2.24) is 4.98 Å². The van der Waals surface area contributed by atoms with Crippen LogP contribution in [0.15, 0.2) is 6.07 Å². The Hall–Kier alpha value is -1.85. The number of methoxy groups -OCH3 is 1. The molecule has 1 aromatic rings. The Morgan fingerprint density at radius 2 is 2.31 bits per heavy atom. The van der Waals surface area contributed by atoms with E-state index in [-0.39, 0.29) is 5.75 Å². The smallest absolute Gasteiger partial charge is 0.410 e. The Labute approximate surface area is 73.9 Å². The first-order chi connectivity index (χ1) is 6.06. The maximum absolute atomic E-state index is 10.4. The molecule has 0 aliphatic rings. The summed E-state index contributed by atoms with van der Waals surface area (Å²) in [6.07, 6.45) is 0. The highest BCUT2D eigenvalue weighted by atomic mass is 16.6. The number of nitrogens with zero attached hydrogens (tertiary/aromatic N) is 2. The van der Waals surface area contributed by atoms with Gasteiger partial charge in [-0.3, -0.25) is 0 Å². The lowest BCUT2D eigenvalue weighted by atomic mass is 10.3. The van der Waals surface area contributed by atoms with E-state index in [4.69, 9.17) is 4.74 Å². The molecule has 70 valence electrons. The molecule has 0 fully saturated rings. The Balaban J connectivity index is 3.35. The molecule has 0 aromatic carbocycles. The quantitative estimate of drug-likeness (QED) is 0.547. The van der Waals surface area contributed by atoms with Crippen molar-refractivity contribution in [3.63, 3.8) is 0 Å². The predicted molar refractivity (Wildman–Crippen MR) is 43.8 cm³/mol. The Bertz CT molecular complexity index is 351. The summed E-state index contributed by atoms with van der Waals surface area (Å²) in [5, 5.41) is 19.6. The minimum absolute atomic E-state index is 0.0548. The number of pyridine rings is 1. The number of hydrogen-bond acceptors (Lipinski definition) is 5. The van der Waals surface area contributed by atoms with E-state index >= 15 is 0 Å². The Morgan fingerprint density at radius 3 is 2.77 bits per heavy atom. The molecule has 1 rings (SSSR count). The van der Waals surface area contributed by atoms with Crippen LogP contribution in [-0.2, 0) is 0 Å². The summed E-state index contributed by atoms with van der Waals surface area (Å²) in [5.41, 5.74) is 0.418. The van der Waals surface area contributed by atoms with Crippen molar-refractivity contribution in [2.75, 3.05) is 7.11 Å². The SMILES string of the molecule is COc1cc(C)nc([N+](=O)[O-])c1O. The molecule has 0 atom stereocenters. The zero-order valence-corrected chi connectivity index (χ0v) is 7.14. The molecule has 0 amide bonds. The van der Waals surface area contributed by atoms with Crippen LogP contribution in [0.25, 0.3) is 0 Å². The van der Waals surface area contributed by atoms with Crippen LogP contribution in [0.2, 0.25) is 0 Å². The fraction of sp³-hybridized carbons (Fsp3) is 0.286. The molecule has 0 aliphatic heterocycles. The molecular weight excluding hydrogens is 176 g/mol. The van der Waals surface area contributed by atoms with E-state index in [1.54, 1.807) is 6.92 Å². The third-order valence-electron chi connectivity index (χ3n) is 1.46. The molecule has 13 heavy (non-hydrogen) atoms. The monoisotopic (exact) mass is 184 g/mol. The van der Waals surface area contributed by atoms with Gasteiger partial charge in [-0.15, -0.1) is 0 Å². The molecule has 1 aromatic heterocycles. The molecule has 0 saturated carbocycles. The summed E-state index contributed by atoms with van der Waals surface area (Å²) >= 11 is 0. The highest BCUT2D eigenvalue weighted by Gasteiger charge is 2.20. The second-order valence-corrected chi connectivity index (χ2v) is 2.40. The maximum Gasteiger partial charge on any atom is 0.410 e. The van der Waals surface area contributed by atoms with E-state index in [2.05, 4.69) is 4.98 Å². The van der Waals surface area contributed by atoms with Crippen LogP contribution in [0.1, 0.15) is 5.69 Å². The van der Waals surface area contributed by atoms with Gasteiger partial charge >= 0.3 is 5.82 Å². The number of rotatable bonds is 2. The Kier molecular flexibility index (Phi) is 2.32. The van der Waals surface area contributed by atoms with Gasteiger partial charge in [-0.1, -0.05) is 0 Å². The first-order valence-electron chi connectivity index (χ1n) is 3.45. The van der Waals surface area contributed by atoms with Crippen LogP contribution in [0.5, 0.6) is 11.5 Å². The van der Waals surface area contributed by atoms with Gasteiger partial charge < -0.3 is 20.0 Å². The minimum atomic E-state index is -0.759. The standard InChI is InChI=1S/C7H8N2O4/c1-4-3-5(13-2)6(10)7(8-4)9(11)12/h3,10H,1-2H3. The van der Waals surface area contributed by atoms with E-state index < -0.39 is 16.5 Å². The summed E-state index contributed by atoms with van der Waals surface area (Å²) in [7, 11) is 1.32. The van der Waals surface area contributed by atoms with Gasteiger partial charge in [0.05, 0.1) is 7.11 Å². The number of hydrogen-bond donors (Lipinski definition) is 1. The van der Waals surface area contributed by atoms with Crippen LogP contribution in [0, 0.1) is 17.0 Å². The summed E-state index contributed by atoms with van der Waals surface area (Å²) in [4.78, 5) is 13.2. The lowest BCUT2D eigenvalue weighted by Crippen LogP contribution is -1.96. The Morgan fingerprint density at radius 1 is 1.69 bits per heavy atom. The molecule has 1 heterocycles. The number of aromatic nitrogens is 1. The number of aromatic hydroxyl groups is 1. The van der Waals surface area contributed by atoms with Gasteiger partial charge in [0.15, 0.2) is 11.4 Å². The van der Waals surface area contributed by atoms with Crippen LogP contribution >= 0.6 is 0 Å². The van der Waals surface area contributed by atoms with E-state index in [0.29, 0.717) is 5.69 Å². The maximum atomic E-state index is 10.4. The third-order valence-corrected chi connectivity index (χ3v) is 1.46. The summed E-state index contributed by atoms with van der Waals surface area (Å²) in [5.74, 6) is -1.07. The molecular formula is C7H8N2O4. The molecule has 0 unspecified atom stereocenters. The average molecular weight is 184 g/mol. The molecule has 1 N–H and O–H groups in total. The van der Waals surface area contributed by atoms with Crippen molar-refractivity contribution in [2.24, 2.45) is 0 Å². The molecule has 0 aliphatic carbocycles. The van der Waals surface area contributed by atoms with Crippen molar-refractivity contribution in [3.8, 4) is 11.5 Å². The zero-order chi connectivity index (χ0) is 10.0. The first kappa shape index (κ1) is 9.24. The third kappa shape index (κ3) is 1.66. The van der Waals surface area contributed by atoms with E-state index in [1.165, 1.54) is 13.2 Å². The van der Waals surface area contributed by atoms with Gasteiger partial charge in [0, 0.05) is 13.0 Å². The predicted octanol–water partition coefficient (Wildman–Crippen LogP) is 1.01. The van der Waals surface area contributed by atoms with Crippen LogP contribution < -0.4 is 4.74 Å². The first-order valence-corrected chi connectivity index (χ1v) is 3.45. The van der Waals surface area contributed by atoms with Gasteiger partial charge in [-0.25, -0.2) is 0 Å². The largest absolute Gasteiger partial charge is 0.498 e. The van der Waals surface area contributed by atoms with Crippen molar-refractivity contribution < 1.29 is 14.8 Å². The molecule has 6 heteroatoms. The van der Waals surface area contributed by atoms with Crippen molar-refractivity contribution in [3.05, 3.63) is 21.9 Å². The second-order valence-electron chi connectivity index (χ2n) is 2.40. The van der Waals surface area contributed by atoms with E-state index in [9.17, 15) is 15.2 Å². The summed E-state index contributed by atoms with van der Waals surface area (Å²) in [6, 6.07) is 1.42. The molecule has 0 radical (unpaired) electrons. The van der Waals surface area contributed by atoms with Gasteiger partial charge in [0.1, 0.15) is 0 Å². The van der Waals surface area contributed by atoms with E-state index in [1.807, 2.05) is 0 Å². The van der Waals surface area contributed by atoms with Crippen molar-refractivity contribution in [2.45, 2.75) is 6.92 Å². The topological polar surface area (TPSA) is 85.5 Å². The minimum Gasteiger partial charge on any atom is -0.498 e. The summed E-state index contributed by atoms with van der Waals surface area (Å²) < 4.78 is 4.72. The number of ether oxygens (including phenoxy) is 1. The molecule has 0 saturated heterocycles. The fourth-order valence-electron chi connectivity index (χ4n) is 0.903. The van der Waals surface area contributed by atoms with Gasteiger partial charge in [-0.2, -0.15) is 0 Å². The van der Waals surface area contributed by atoms with Gasteiger partial charge in [0.25, 0.3) is 5.75 Å². The van der Waals surface area contributed by atoms with Crippen molar-refractivity contribution >= 4 is 5.82 Å². The number of aryl methyl sites for hydroxylation is 1. The van der Waals surface area contributed by atoms with Gasteiger partial charge in [0.2, 0.25) is 0 Å².